The number of nitrogens with one attached hydrogen (secondary N) is 1. The van der Waals surface area contributed by atoms with Crippen LogP contribution in [0.2, 0.25) is 0 Å². The zero-order valence-electron chi connectivity index (χ0n) is 12.5. The van der Waals surface area contributed by atoms with E-state index in [1.807, 2.05) is 4.90 Å². The summed E-state index contributed by atoms with van der Waals surface area (Å²) in [5, 5.41) is 3.46. The maximum atomic E-state index is 12.8. The Kier molecular flexibility index (Phi) is 3.79. The Morgan fingerprint density at radius 2 is 2.15 bits per heavy atom. The summed E-state index contributed by atoms with van der Waals surface area (Å²) in [6, 6.07) is 6.92. The SMILES string of the molecule is Cc1ccc2c(c1)CCCN2C(=O)C1CCCC(C)N1. The second-order valence-corrected chi connectivity index (χ2v) is 6.28. The summed E-state index contributed by atoms with van der Waals surface area (Å²) in [7, 11) is 0. The minimum atomic E-state index is 0.00556. The van der Waals surface area contributed by atoms with Crippen molar-refractivity contribution in [1.82, 2.24) is 5.32 Å². The van der Waals surface area contributed by atoms with Crippen molar-refractivity contribution < 1.29 is 4.79 Å². The molecule has 0 aliphatic carbocycles. The number of carbonyl (C=O) groups is 1. The predicted octanol–water partition coefficient (Wildman–Crippen LogP) is 2.80. The highest BCUT2D eigenvalue weighted by Gasteiger charge is 2.31. The topological polar surface area (TPSA) is 32.3 Å². The van der Waals surface area contributed by atoms with Gasteiger partial charge in [-0.05, 0) is 57.6 Å². The number of hydrogen-bond donors (Lipinski definition) is 1. The van der Waals surface area contributed by atoms with Crippen LogP contribution in [0.15, 0.2) is 18.2 Å². The van der Waals surface area contributed by atoms with E-state index in [-0.39, 0.29) is 11.9 Å². The molecule has 1 fully saturated rings. The molecule has 3 nitrogen and oxygen atoms in total. The van der Waals surface area contributed by atoms with Crippen LogP contribution in [0.1, 0.15) is 43.7 Å². The van der Waals surface area contributed by atoms with E-state index < -0.39 is 0 Å². The zero-order chi connectivity index (χ0) is 14.1. The number of fused-ring (bicyclic) bond motifs is 1. The lowest BCUT2D eigenvalue weighted by molar-refractivity contribution is -0.121. The van der Waals surface area contributed by atoms with Crippen LogP contribution in [0.25, 0.3) is 0 Å². The van der Waals surface area contributed by atoms with Crippen molar-refractivity contribution in [2.45, 2.75) is 58.0 Å². The van der Waals surface area contributed by atoms with Crippen molar-refractivity contribution in [3.8, 4) is 0 Å². The summed E-state index contributed by atoms with van der Waals surface area (Å²) in [5.74, 6) is 0.265. The largest absolute Gasteiger partial charge is 0.311 e. The maximum Gasteiger partial charge on any atom is 0.244 e. The molecule has 108 valence electrons. The van der Waals surface area contributed by atoms with Gasteiger partial charge in [0.1, 0.15) is 0 Å². The standard InChI is InChI=1S/C17H24N2O/c1-12-8-9-16-14(11-12)6-4-10-19(16)17(20)15-7-3-5-13(2)18-15/h8-9,11,13,15,18H,3-7,10H2,1-2H3. The van der Waals surface area contributed by atoms with Gasteiger partial charge in [0.05, 0.1) is 6.04 Å². The molecule has 1 N–H and O–H groups in total. The molecular formula is C17H24N2O. The van der Waals surface area contributed by atoms with Crippen LogP contribution in [0, 0.1) is 6.92 Å². The summed E-state index contributed by atoms with van der Waals surface area (Å²) in [4.78, 5) is 14.8. The molecule has 2 heterocycles. The van der Waals surface area contributed by atoms with Gasteiger partial charge in [-0.1, -0.05) is 17.7 Å². The molecule has 2 aliphatic rings. The molecule has 20 heavy (non-hydrogen) atoms. The average Bonchev–Trinajstić information content (AvgIpc) is 2.45. The third-order valence-corrected chi connectivity index (χ3v) is 4.53. The summed E-state index contributed by atoms with van der Waals surface area (Å²) >= 11 is 0. The van der Waals surface area contributed by atoms with Gasteiger partial charge in [-0.25, -0.2) is 0 Å². The maximum absolute atomic E-state index is 12.8. The van der Waals surface area contributed by atoms with Gasteiger partial charge in [0.2, 0.25) is 5.91 Å². The molecule has 1 amide bonds. The van der Waals surface area contributed by atoms with E-state index in [4.69, 9.17) is 0 Å². The van der Waals surface area contributed by atoms with Crippen LogP contribution in [0.5, 0.6) is 0 Å². The normalized spacial score (nSPS) is 26.2. The van der Waals surface area contributed by atoms with Gasteiger partial charge < -0.3 is 10.2 Å². The van der Waals surface area contributed by atoms with Gasteiger partial charge in [-0.3, -0.25) is 4.79 Å². The lowest BCUT2D eigenvalue weighted by Crippen LogP contribution is -2.52. The Morgan fingerprint density at radius 3 is 2.95 bits per heavy atom. The molecule has 2 atom stereocenters. The first-order valence-electron chi connectivity index (χ1n) is 7.82. The molecule has 0 spiro atoms. The summed E-state index contributed by atoms with van der Waals surface area (Å²) < 4.78 is 0. The van der Waals surface area contributed by atoms with Crippen LogP contribution < -0.4 is 10.2 Å². The summed E-state index contributed by atoms with van der Waals surface area (Å²) in [6.07, 6.45) is 5.47. The molecule has 2 unspecified atom stereocenters. The smallest absolute Gasteiger partial charge is 0.244 e. The fourth-order valence-electron chi connectivity index (χ4n) is 3.48. The Balaban J connectivity index is 1.83. The Morgan fingerprint density at radius 1 is 1.30 bits per heavy atom. The Hall–Kier alpha value is -1.35. The van der Waals surface area contributed by atoms with E-state index in [1.165, 1.54) is 17.5 Å². The molecule has 0 saturated carbocycles. The molecule has 2 aliphatic heterocycles. The predicted molar refractivity (Wildman–Crippen MR) is 82.1 cm³/mol. The highest BCUT2D eigenvalue weighted by atomic mass is 16.2. The van der Waals surface area contributed by atoms with Crippen LogP contribution >= 0.6 is 0 Å². The summed E-state index contributed by atoms with van der Waals surface area (Å²) in [6.45, 7) is 5.15. The molecule has 3 heteroatoms. The first-order valence-corrected chi connectivity index (χ1v) is 7.82. The van der Waals surface area contributed by atoms with Gasteiger partial charge in [0.15, 0.2) is 0 Å². The number of anilines is 1. The zero-order valence-corrected chi connectivity index (χ0v) is 12.5. The molecule has 0 aromatic heterocycles. The second-order valence-electron chi connectivity index (χ2n) is 6.28. The van der Waals surface area contributed by atoms with Crippen molar-refractivity contribution >= 4 is 11.6 Å². The van der Waals surface area contributed by atoms with Gasteiger partial charge in [-0.15, -0.1) is 0 Å². The molecule has 3 rings (SSSR count). The monoisotopic (exact) mass is 272 g/mol. The number of amides is 1. The summed E-state index contributed by atoms with van der Waals surface area (Å²) in [5.41, 5.74) is 3.74. The van der Waals surface area contributed by atoms with Gasteiger partial charge >= 0.3 is 0 Å². The number of nitrogens with zero attached hydrogens (tertiary/aromatic N) is 1. The Labute approximate surface area is 121 Å². The lowest BCUT2D eigenvalue weighted by Gasteiger charge is -2.35. The fraction of sp³-hybridized carbons (Fsp3) is 0.588. The first-order chi connectivity index (χ1) is 9.65. The van der Waals surface area contributed by atoms with Crippen LogP contribution in [0.4, 0.5) is 5.69 Å². The molecule has 0 radical (unpaired) electrons. The van der Waals surface area contributed by atoms with Crippen molar-refractivity contribution in [2.75, 3.05) is 11.4 Å². The first kappa shape index (κ1) is 13.6. The van der Waals surface area contributed by atoms with E-state index in [0.29, 0.717) is 6.04 Å². The molecule has 1 saturated heterocycles. The number of carbonyl (C=O) groups excluding carboxylic acids is 1. The van der Waals surface area contributed by atoms with E-state index in [9.17, 15) is 4.79 Å². The van der Waals surface area contributed by atoms with Crippen molar-refractivity contribution in [2.24, 2.45) is 0 Å². The van der Waals surface area contributed by atoms with E-state index in [2.05, 4.69) is 37.4 Å². The van der Waals surface area contributed by atoms with Crippen LogP contribution in [-0.4, -0.2) is 24.5 Å². The molecule has 0 bridgehead atoms. The van der Waals surface area contributed by atoms with Gasteiger partial charge in [0.25, 0.3) is 0 Å². The Bertz CT molecular complexity index is 512. The van der Waals surface area contributed by atoms with Crippen LogP contribution in [0.3, 0.4) is 0 Å². The lowest BCUT2D eigenvalue weighted by atomic mass is 9.95. The number of hydrogen-bond acceptors (Lipinski definition) is 2. The van der Waals surface area contributed by atoms with E-state index in [1.54, 1.807) is 0 Å². The van der Waals surface area contributed by atoms with E-state index >= 15 is 0 Å². The third-order valence-electron chi connectivity index (χ3n) is 4.53. The van der Waals surface area contributed by atoms with Gasteiger partial charge in [0, 0.05) is 18.3 Å². The highest BCUT2D eigenvalue weighted by Crippen LogP contribution is 2.29. The second kappa shape index (κ2) is 5.57. The van der Waals surface area contributed by atoms with Crippen molar-refractivity contribution in [1.29, 1.82) is 0 Å². The van der Waals surface area contributed by atoms with E-state index in [0.717, 1.165) is 37.9 Å². The average molecular weight is 272 g/mol. The van der Waals surface area contributed by atoms with Gasteiger partial charge in [-0.2, -0.15) is 0 Å². The number of benzene rings is 1. The minimum absolute atomic E-state index is 0.00556. The van der Waals surface area contributed by atoms with Crippen molar-refractivity contribution in [3.63, 3.8) is 0 Å². The molecule has 1 aromatic rings. The third kappa shape index (κ3) is 2.59. The molecular weight excluding hydrogens is 248 g/mol. The van der Waals surface area contributed by atoms with Crippen LogP contribution in [-0.2, 0) is 11.2 Å². The molecule has 1 aromatic carbocycles. The van der Waals surface area contributed by atoms with Crippen molar-refractivity contribution in [3.05, 3.63) is 29.3 Å². The minimum Gasteiger partial charge on any atom is -0.311 e. The highest BCUT2D eigenvalue weighted by molar-refractivity contribution is 5.98. The number of aryl methyl sites for hydroxylation is 2. The fourth-order valence-corrected chi connectivity index (χ4v) is 3.48. The number of rotatable bonds is 1. The number of piperidine rings is 1. The quantitative estimate of drug-likeness (QED) is 0.852.